The summed E-state index contributed by atoms with van der Waals surface area (Å²) in [7, 11) is -6.70. The average molecular weight is 653 g/mol. The first-order valence-electron chi connectivity index (χ1n) is 13.8. The Balaban J connectivity index is 1.62. The Morgan fingerprint density at radius 2 is 1.86 bits per heavy atom. The minimum Gasteiger partial charge on any atom is -0.437 e. The van der Waals surface area contributed by atoms with Crippen molar-refractivity contribution in [2.24, 2.45) is 17.0 Å². The third kappa shape index (κ3) is 6.57. The predicted molar refractivity (Wildman–Crippen MR) is 159 cm³/mol. The highest BCUT2D eigenvalue weighted by molar-refractivity contribution is 8.03. The van der Waals surface area contributed by atoms with Gasteiger partial charge in [0, 0.05) is 47.3 Å². The minimum atomic E-state index is -4.27. The van der Waals surface area contributed by atoms with E-state index in [9.17, 15) is 48.1 Å². The second-order valence-corrected chi connectivity index (χ2v) is 14.0. The molecule has 3 heterocycles. The molecule has 0 spiro atoms. The lowest BCUT2D eigenvalue weighted by molar-refractivity contribution is -0.384. The van der Waals surface area contributed by atoms with Gasteiger partial charge in [0.15, 0.2) is 0 Å². The fourth-order valence-corrected chi connectivity index (χ4v) is 8.43. The smallest absolute Gasteiger partial charge is 0.391 e. The summed E-state index contributed by atoms with van der Waals surface area (Å²) in [4.78, 5) is 52.9. The van der Waals surface area contributed by atoms with E-state index in [1.165, 1.54) is 37.2 Å². The Morgan fingerprint density at radius 3 is 2.36 bits per heavy atom. The lowest BCUT2D eigenvalue weighted by Crippen LogP contribution is -2.63. The second kappa shape index (κ2) is 12.9. The van der Waals surface area contributed by atoms with Crippen LogP contribution in [0.1, 0.15) is 30.6 Å². The highest BCUT2D eigenvalue weighted by Gasteiger charge is 2.60. The van der Waals surface area contributed by atoms with Gasteiger partial charge in [-0.25, -0.2) is 14.7 Å². The first-order chi connectivity index (χ1) is 20.4. The van der Waals surface area contributed by atoms with Crippen molar-refractivity contribution in [2.75, 3.05) is 13.1 Å². The van der Waals surface area contributed by atoms with E-state index in [4.69, 9.17) is 9.88 Å². The molecule has 2 fully saturated rings. The van der Waals surface area contributed by atoms with Crippen molar-refractivity contribution in [1.82, 2.24) is 13.9 Å². The number of thioether (sulfide) groups is 1. The maximum absolute atomic E-state index is 13.5. The van der Waals surface area contributed by atoms with Gasteiger partial charge in [-0.15, -0.1) is 11.8 Å². The number of nitro benzene ring substituents is 1. The van der Waals surface area contributed by atoms with E-state index in [2.05, 4.69) is 0 Å². The fraction of sp³-hybridized carbons (Fsp3) is 0.542. The van der Waals surface area contributed by atoms with E-state index in [0.717, 1.165) is 24.3 Å². The van der Waals surface area contributed by atoms with Gasteiger partial charge in [-0.1, -0.05) is 6.92 Å². The summed E-state index contributed by atoms with van der Waals surface area (Å²) in [6.45, 7) is 6.02. The van der Waals surface area contributed by atoms with Crippen molar-refractivity contribution in [3.63, 3.8) is 0 Å². The highest BCUT2D eigenvalue weighted by atomic mass is 32.2. The number of fused-ring (bicyclic) bond motifs is 1. The molecule has 0 radical (unpaired) electrons. The van der Waals surface area contributed by atoms with Crippen LogP contribution in [0.5, 0.6) is 0 Å². The van der Waals surface area contributed by atoms with Crippen LogP contribution in [0, 0.1) is 22.0 Å². The molecular formula is C24H33B2N5O11S2. The Morgan fingerprint density at radius 1 is 1.25 bits per heavy atom. The number of rotatable bonds is 11. The second-order valence-electron chi connectivity index (χ2n) is 11.2. The zero-order chi connectivity index (χ0) is 32.8. The molecule has 16 nitrogen and oxygen atoms in total. The zero-order valence-electron chi connectivity index (χ0n) is 24.3. The maximum Gasteiger partial charge on any atom is 0.391 e. The molecule has 3 aliphatic rings. The molecule has 20 heteroatoms. The van der Waals surface area contributed by atoms with Gasteiger partial charge in [0.2, 0.25) is 5.91 Å². The largest absolute Gasteiger partial charge is 0.437 e. The van der Waals surface area contributed by atoms with Gasteiger partial charge in [-0.05, 0) is 39.1 Å². The van der Waals surface area contributed by atoms with E-state index in [1.54, 1.807) is 11.7 Å². The Hall–Kier alpha value is -2.84. The summed E-state index contributed by atoms with van der Waals surface area (Å²) >= 11 is 1.22. The molecule has 5 N–H and O–H groups in total. The van der Waals surface area contributed by atoms with Crippen molar-refractivity contribution in [2.45, 2.75) is 57.4 Å². The molecule has 238 valence electrons. The molecule has 0 aliphatic carbocycles. The zero-order valence-corrected chi connectivity index (χ0v) is 26.0. The Kier molecular flexibility index (Phi) is 9.96. The molecule has 0 bridgehead atoms. The number of esters is 2. The molecule has 1 aromatic rings. The van der Waals surface area contributed by atoms with Crippen LogP contribution in [0.2, 0.25) is 13.6 Å². The maximum atomic E-state index is 13.5. The SMILES string of the molecule is CB(O)N1CC(SC2=C(C(=O)OC(=O)c3ccc([N+](=O)[O-])cc3)N3C(=O)[C@H]([C@@H](C)O)[C@H]3[C@H]2C)C[C@H]1CN(B(C)O)S(N)(=O)=O. The monoisotopic (exact) mass is 653 g/mol. The van der Waals surface area contributed by atoms with E-state index >= 15 is 0 Å². The fourth-order valence-electron chi connectivity index (χ4n) is 6.06. The predicted octanol–water partition coefficient (Wildman–Crippen LogP) is -0.750. The van der Waals surface area contributed by atoms with Crippen molar-refractivity contribution < 1.29 is 47.6 Å². The van der Waals surface area contributed by atoms with Gasteiger partial charge in [0.25, 0.3) is 15.9 Å². The summed E-state index contributed by atoms with van der Waals surface area (Å²) in [6.07, 6.45) is -0.714. The number of nitrogens with two attached hydrogens (primary N) is 1. The van der Waals surface area contributed by atoms with Crippen molar-refractivity contribution in [3.05, 3.63) is 50.5 Å². The molecule has 3 aliphatic heterocycles. The number of carbonyl (C=O) groups excluding carboxylic acids is 3. The number of aliphatic hydroxyl groups is 1. The van der Waals surface area contributed by atoms with Crippen molar-refractivity contribution in [1.29, 1.82) is 0 Å². The van der Waals surface area contributed by atoms with Gasteiger partial charge < -0.3 is 29.6 Å². The van der Waals surface area contributed by atoms with Crippen LogP contribution < -0.4 is 5.14 Å². The van der Waals surface area contributed by atoms with Gasteiger partial charge >= 0.3 is 26.0 Å². The molecule has 44 heavy (non-hydrogen) atoms. The number of nitro groups is 1. The van der Waals surface area contributed by atoms with E-state index < -0.39 is 77.1 Å². The lowest BCUT2D eigenvalue weighted by atomic mass is 9.79. The third-order valence-corrected chi connectivity index (χ3v) is 10.7. The number of hydrogen-bond donors (Lipinski definition) is 4. The van der Waals surface area contributed by atoms with Crippen LogP contribution >= 0.6 is 11.8 Å². The molecule has 6 atom stereocenters. The summed E-state index contributed by atoms with van der Waals surface area (Å²) in [5, 5.41) is 46.6. The van der Waals surface area contributed by atoms with Gasteiger partial charge in [-0.2, -0.15) is 12.6 Å². The number of carbonyl (C=O) groups is 3. The number of β-lactam (4-membered cyclic amide) rings is 1. The molecule has 1 unspecified atom stereocenters. The van der Waals surface area contributed by atoms with Crippen LogP contribution in [-0.4, -0.2) is 111 Å². The average Bonchev–Trinajstić information content (AvgIpc) is 3.43. The molecule has 2 saturated heterocycles. The normalized spacial score (nSPS) is 26.0. The standard InChI is InChI=1S/C24H33B2N5O11S2/c1-12-19-18(13(2)32)22(33)30(19)20(24(35)42-23(34)14-5-7-15(8-6-14)31(38)39)21(12)43-17-9-16(28(11-17)25(3)36)10-29(26(4)37)44(27,40)41/h5-8,12-13,16-19,32,36-37H,9-11H2,1-4H3,(H2,27,40,41)/t12-,13-,16+,17?,18-,19-/m1/s1. The summed E-state index contributed by atoms with van der Waals surface area (Å²) < 4.78 is 30.0. The quantitative estimate of drug-likeness (QED) is 0.0576. The van der Waals surface area contributed by atoms with Gasteiger partial charge in [0.1, 0.15) is 5.70 Å². The molecular weight excluding hydrogens is 620 g/mol. The number of hydrogen-bond acceptors (Lipinski definition) is 13. The Bertz CT molecular complexity index is 1470. The highest BCUT2D eigenvalue weighted by Crippen LogP contribution is 2.52. The Labute approximate surface area is 258 Å². The van der Waals surface area contributed by atoms with E-state index in [-0.39, 0.29) is 35.3 Å². The van der Waals surface area contributed by atoms with Crippen molar-refractivity contribution >= 4 is 59.6 Å². The van der Waals surface area contributed by atoms with Crippen LogP contribution in [0.15, 0.2) is 34.9 Å². The summed E-state index contributed by atoms with van der Waals surface area (Å²) in [6, 6.07) is 3.29. The molecule has 0 aromatic heterocycles. The van der Waals surface area contributed by atoms with Crippen LogP contribution in [0.3, 0.4) is 0 Å². The minimum absolute atomic E-state index is 0.123. The van der Waals surface area contributed by atoms with E-state index in [1.807, 2.05) is 0 Å². The first kappa shape index (κ1) is 34.0. The van der Waals surface area contributed by atoms with Crippen molar-refractivity contribution in [3.8, 4) is 0 Å². The molecule has 4 rings (SSSR count). The summed E-state index contributed by atoms with van der Waals surface area (Å²) in [5.41, 5.74) is -0.549. The first-order valence-corrected chi connectivity index (χ1v) is 16.2. The van der Waals surface area contributed by atoms with E-state index in [0.29, 0.717) is 15.5 Å². The third-order valence-electron chi connectivity index (χ3n) is 8.13. The molecule has 1 aromatic carbocycles. The number of benzene rings is 1. The number of non-ortho nitro benzene ring substituents is 1. The van der Waals surface area contributed by atoms with Crippen LogP contribution in [-0.2, 0) is 24.5 Å². The van der Waals surface area contributed by atoms with Crippen LogP contribution in [0.25, 0.3) is 0 Å². The molecule has 1 amide bonds. The van der Waals surface area contributed by atoms with Gasteiger partial charge in [0.05, 0.1) is 28.6 Å². The summed E-state index contributed by atoms with van der Waals surface area (Å²) in [5.74, 6) is -3.96. The van der Waals surface area contributed by atoms with Gasteiger partial charge in [-0.3, -0.25) is 14.9 Å². The lowest BCUT2D eigenvalue weighted by Gasteiger charge is -2.46. The molecule has 0 saturated carbocycles. The van der Waals surface area contributed by atoms with Crippen LogP contribution in [0.4, 0.5) is 5.69 Å². The topological polar surface area (TPSA) is 234 Å². The number of aliphatic hydroxyl groups excluding tert-OH is 1. The number of ether oxygens (including phenoxy) is 1. The number of nitrogens with zero attached hydrogens (tertiary/aromatic N) is 4. The number of amides is 1.